The van der Waals surface area contributed by atoms with E-state index in [-0.39, 0.29) is 29.8 Å². The van der Waals surface area contributed by atoms with Crippen molar-refractivity contribution in [3.8, 4) is 0 Å². The van der Waals surface area contributed by atoms with Crippen molar-refractivity contribution in [1.29, 1.82) is 0 Å². The quantitative estimate of drug-likeness (QED) is 0.626. The Balaban J connectivity index is 2.40. The molecule has 1 heterocycles. The van der Waals surface area contributed by atoms with Crippen LogP contribution in [0.2, 0.25) is 0 Å². The summed E-state index contributed by atoms with van der Waals surface area (Å²) in [6, 6.07) is 3.80. The fraction of sp³-hybridized carbons (Fsp3) is 0.571. The molecule has 7 nitrogen and oxygen atoms in total. The second-order valence-corrected chi connectivity index (χ2v) is 8.10. The van der Waals surface area contributed by atoms with Gasteiger partial charge in [-0.2, -0.15) is 4.31 Å². The van der Waals surface area contributed by atoms with Crippen LogP contribution in [0.25, 0.3) is 0 Å². The third kappa shape index (κ3) is 3.29. The van der Waals surface area contributed by atoms with Crippen molar-refractivity contribution in [2.24, 2.45) is 0 Å². The lowest BCUT2D eigenvalue weighted by Crippen LogP contribution is -2.53. The smallest absolute Gasteiger partial charge is 0.269 e. The van der Waals surface area contributed by atoms with E-state index in [0.29, 0.717) is 5.56 Å². The molecule has 122 valence electrons. The van der Waals surface area contributed by atoms with Gasteiger partial charge in [0, 0.05) is 25.2 Å². The average Bonchev–Trinajstić information content (AvgIpc) is 2.35. The number of benzene rings is 1. The van der Waals surface area contributed by atoms with Crippen molar-refractivity contribution in [3.05, 3.63) is 33.9 Å². The van der Waals surface area contributed by atoms with E-state index in [2.05, 4.69) is 0 Å². The first-order valence-electron chi connectivity index (χ1n) is 6.96. The molecule has 0 bridgehead atoms. The molecule has 1 atom stereocenters. The van der Waals surface area contributed by atoms with Gasteiger partial charge in [-0.1, -0.05) is 0 Å². The molecule has 1 aliphatic rings. The third-order valence-corrected chi connectivity index (χ3v) is 5.50. The van der Waals surface area contributed by atoms with E-state index >= 15 is 0 Å². The predicted octanol–water partition coefficient (Wildman–Crippen LogP) is 2.09. The first-order valence-corrected chi connectivity index (χ1v) is 8.40. The molecule has 1 aliphatic heterocycles. The van der Waals surface area contributed by atoms with Crippen molar-refractivity contribution < 1.29 is 18.1 Å². The molecular formula is C14H20N2O5S. The molecule has 8 heteroatoms. The standard InChI is InChI=1S/C14H20N2O5S/c1-10-7-12(16(17)18)5-6-13(10)22(19,20)15-8-11(2)21-14(3,4)9-15/h5-7,11H,8-9H2,1-4H3. The number of hydrogen-bond acceptors (Lipinski definition) is 5. The van der Waals surface area contributed by atoms with Crippen molar-refractivity contribution in [2.45, 2.75) is 44.3 Å². The van der Waals surface area contributed by atoms with Crippen molar-refractivity contribution in [3.63, 3.8) is 0 Å². The van der Waals surface area contributed by atoms with Gasteiger partial charge in [0.15, 0.2) is 0 Å². The lowest BCUT2D eigenvalue weighted by atomic mass is 10.1. The van der Waals surface area contributed by atoms with Gasteiger partial charge in [-0.05, 0) is 39.3 Å². The molecule has 0 N–H and O–H groups in total. The normalized spacial score (nSPS) is 22.5. The fourth-order valence-electron chi connectivity index (χ4n) is 2.75. The predicted molar refractivity (Wildman–Crippen MR) is 81.2 cm³/mol. The van der Waals surface area contributed by atoms with Gasteiger partial charge in [0.1, 0.15) is 0 Å². The first-order chi connectivity index (χ1) is 10.0. The average molecular weight is 328 g/mol. The summed E-state index contributed by atoms with van der Waals surface area (Å²) in [7, 11) is -3.71. The molecule has 0 spiro atoms. The van der Waals surface area contributed by atoms with E-state index in [1.165, 1.54) is 22.5 Å². The summed E-state index contributed by atoms with van der Waals surface area (Å²) < 4.78 is 32.8. The molecule has 1 aromatic carbocycles. The zero-order valence-corrected chi connectivity index (χ0v) is 13.9. The van der Waals surface area contributed by atoms with Crippen LogP contribution in [-0.4, -0.2) is 42.4 Å². The highest BCUT2D eigenvalue weighted by molar-refractivity contribution is 7.89. The van der Waals surface area contributed by atoms with E-state index in [1.807, 2.05) is 20.8 Å². The van der Waals surface area contributed by atoms with Crippen LogP contribution in [0.5, 0.6) is 0 Å². The Kier molecular flexibility index (Phi) is 4.29. The maximum Gasteiger partial charge on any atom is 0.269 e. The van der Waals surface area contributed by atoms with Gasteiger partial charge in [-0.15, -0.1) is 0 Å². The molecule has 0 amide bonds. The number of sulfonamides is 1. The minimum atomic E-state index is -3.71. The van der Waals surface area contributed by atoms with Gasteiger partial charge >= 0.3 is 0 Å². The van der Waals surface area contributed by atoms with Gasteiger partial charge in [0.05, 0.1) is 21.5 Å². The second-order valence-electron chi connectivity index (χ2n) is 6.19. The number of ether oxygens (including phenoxy) is 1. The van der Waals surface area contributed by atoms with Gasteiger partial charge in [-0.3, -0.25) is 10.1 Å². The van der Waals surface area contributed by atoms with Gasteiger partial charge in [0.25, 0.3) is 5.69 Å². The highest BCUT2D eigenvalue weighted by Crippen LogP contribution is 2.29. The fourth-order valence-corrected chi connectivity index (χ4v) is 4.62. The maximum atomic E-state index is 12.8. The number of aryl methyl sites for hydroxylation is 1. The Bertz CT molecular complexity index is 699. The Morgan fingerprint density at radius 1 is 1.41 bits per heavy atom. The summed E-state index contributed by atoms with van der Waals surface area (Å²) in [6.45, 7) is 7.58. The van der Waals surface area contributed by atoms with E-state index in [0.717, 1.165) is 0 Å². The Morgan fingerprint density at radius 3 is 2.55 bits per heavy atom. The van der Waals surface area contributed by atoms with Crippen LogP contribution in [0.15, 0.2) is 23.1 Å². The zero-order chi connectivity index (χ0) is 16.7. The minimum Gasteiger partial charge on any atom is -0.370 e. The SMILES string of the molecule is Cc1cc([N+](=O)[O-])ccc1S(=O)(=O)N1CC(C)OC(C)(C)C1. The molecule has 2 rings (SSSR count). The number of nitrogens with zero attached hydrogens (tertiary/aromatic N) is 2. The maximum absolute atomic E-state index is 12.8. The monoisotopic (exact) mass is 328 g/mol. The van der Waals surface area contributed by atoms with Crippen LogP contribution in [0.4, 0.5) is 5.69 Å². The van der Waals surface area contributed by atoms with E-state index in [4.69, 9.17) is 4.74 Å². The van der Waals surface area contributed by atoms with Gasteiger partial charge < -0.3 is 4.74 Å². The number of rotatable bonds is 3. The van der Waals surface area contributed by atoms with Crippen LogP contribution in [-0.2, 0) is 14.8 Å². The number of morpholine rings is 1. The second kappa shape index (κ2) is 5.60. The molecule has 1 fully saturated rings. The van der Waals surface area contributed by atoms with Gasteiger partial charge in [-0.25, -0.2) is 8.42 Å². The number of non-ortho nitro benzene ring substituents is 1. The molecule has 22 heavy (non-hydrogen) atoms. The van der Waals surface area contributed by atoms with Crippen molar-refractivity contribution in [1.82, 2.24) is 4.31 Å². The van der Waals surface area contributed by atoms with E-state index < -0.39 is 20.5 Å². The molecule has 0 radical (unpaired) electrons. The Morgan fingerprint density at radius 2 is 2.05 bits per heavy atom. The van der Waals surface area contributed by atoms with Crippen molar-refractivity contribution >= 4 is 15.7 Å². The van der Waals surface area contributed by atoms with Gasteiger partial charge in [0.2, 0.25) is 10.0 Å². The zero-order valence-electron chi connectivity index (χ0n) is 13.1. The Labute approximate surface area is 130 Å². The summed E-state index contributed by atoms with van der Waals surface area (Å²) in [5.41, 5.74) is -0.322. The Hall–Kier alpha value is -1.51. The summed E-state index contributed by atoms with van der Waals surface area (Å²) in [4.78, 5) is 10.3. The topological polar surface area (TPSA) is 89.8 Å². The molecule has 1 aromatic rings. The van der Waals surface area contributed by atoms with Crippen molar-refractivity contribution in [2.75, 3.05) is 13.1 Å². The van der Waals surface area contributed by atoms with Crippen LogP contribution in [0, 0.1) is 17.0 Å². The molecule has 1 unspecified atom stereocenters. The first kappa shape index (κ1) is 16.9. The van der Waals surface area contributed by atoms with Crippen LogP contribution in [0.1, 0.15) is 26.3 Å². The number of nitro benzene ring substituents is 1. The largest absolute Gasteiger partial charge is 0.370 e. The molecule has 0 aliphatic carbocycles. The third-order valence-electron chi connectivity index (χ3n) is 3.53. The molecule has 0 aromatic heterocycles. The summed E-state index contributed by atoms with van der Waals surface area (Å²) >= 11 is 0. The molecule has 1 saturated heterocycles. The lowest BCUT2D eigenvalue weighted by molar-refractivity contribution is -0.385. The summed E-state index contributed by atoms with van der Waals surface area (Å²) in [6.07, 6.45) is -0.211. The minimum absolute atomic E-state index is 0.100. The highest BCUT2D eigenvalue weighted by Gasteiger charge is 2.38. The molecular weight excluding hydrogens is 308 g/mol. The summed E-state index contributed by atoms with van der Waals surface area (Å²) in [5, 5.41) is 10.8. The van der Waals surface area contributed by atoms with Crippen LogP contribution < -0.4 is 0 Å². The van der Waals surface area contributed by atoms with E-state index in [1.54, 1.807) is 6.92 Å². The van der Waals surface area contributed by atoms with Crippen LogP contribution >= 0.6 is 0 Å². The van der Waals surface area contributed by atoms with E-state index in [9.17, 15) is 18.5 Å². The number of hydrogen-bond donors (Lipinski definition) is 0. The highest BCUT2D eigenvalue weighted by atomic mass is 32.2. The number of nitro groups is 1. The molecule has 0 saturated carbocycles. The van der Waals surface area contributed by atoms with Crippen LogP contribution in [0.3, 0.4) is 0 Å². The summed E-state index contributed by atoms with van der Waals surface area (Å²) in [5.74, 6) is 0. The lowest BCUT2D eigenvalue weighted by Gasteiger charge is -2.41.